The van der Waals surface area contributed by atoms with Crippen molar-refractivity contribution in [2.45, 2.75) is 49.8 Å². The van der Waals surface area contributed by atoms with Crippen molar-refractivity contribution >= 4 is 17.7 Å². The van der Waals surface area contributed by atoms with E-state index >= 15 is 0 Å². The lowest BCUT2D eigenvalue weighted by molar-refractivity contribution is -0.205. The molecular weight excluding hydrogens is 576 g/mol. The Bertz CT molecular complexity index is 1530. The molecule has 4 atom stereocenters. The van der Waals surface area contributed by atoms with Gasteiger partial charge in [-0.2, -0.15) is 0 Å². The van der Waals surface area contributed by atoms with Crippen LogP contribution in [0.2, 0.25) is 0 Å². The number of benzene rings is 3. The molecule has 3 heterocycles. The van der Waals surface area contributed by atoms with Crippen LogP contribution in [0, 0.1) is 0 Å². The fourth-order valence-corrected chi connectivity index (χ4v) is 6.05. The average molecular weight is 613 g/mol. The van der Waals surface area contributed by atoms with Gasteiger partial charge in [-0.15, -0.1) is 0 Å². The maximum atomic E-state index is 12.7. The number of rotatable bonds is 10. The molecule has 11 heteroatoms. The van der Waals surface area contributed by atoms with E-state index < -0.39 is 47.8 Å². The van der Waals surface area contributed by atoms with E-state index in [1.807, 2.05) is 68.4 Å². The second-order valence-corrected chi connectivity index (χ2v) is 11.4. The summed E-state index contributed by atoms with van der Waals surface area (Å²) in [7, 11) is 1.24. The number of carbonyl (C=O) groups is 2. The number of amides is 1. The number of nitrogens with one attached hydrogen (secondary N) is 1. The zero-order chi connectivity index (χ0) is 31.6. The highest BCUT2D eigenvalue weighted by atomic mass is 16.8. The molecule has 3 aromatic carbocycles. The van der Waals surface area contributed by atoms with E-state index in [0.29, 0.717) is 0 Å². The molecule has 0 unspecified atom stereocenters. The van der Waals surface area contributed by atoms with E-state index in [2.05, 4.69) is 51.4 Å². The molecule has 0 radical (unpaired) electrons. The number of methoxy groups -OCH3 is 1. The quantitative estimate of drug-likeness (QED) is 0.203. The number of ether oxygens (including phenoxy) is 5. The number of nitrogen functional groups attached to an aromatic ring is 1. The van der Waals surface area contributed by atoms with Crippen molar-refractivity contribution in [2.24, 2.45) is 0 Å². The molecule has 2 saturated heterocycles. The van der Waals surface area contributed by atoms with Crippen LogP contribution in [0.1, 0.15) is 47.3 Å². The van der Waals surface area contributed by atoms with Gasteiger partial charge in [-0.3, -0.25) is 14.2 Å². The molecular formula is C34H36N4O7. The van der Waals surface area contributed by atoms with Crippen molar-refractivity contribution in [2.75, 3.05) is 26.0 Å². The van der Waals surface area contributed by atoms with Gasteiger partial charge in [0.15, 0.2) is 17.7 Å². The van der Waals surface area contributed by atoms with Gasteiger partial charge in [0.1, 0.15) is 36.3 Å². The molecule has 0 spiro atoms. The monoisotopic (exact) mass is 612 g/mol. The van der Waals surface area contributed by atoms with Crippen LogP contribution in [0.15, 0.2) is 97.3 Å². The lowest BCUT2D eigenvalue weighted by atomic mass is 9.80. The van der Waals surface area contributed by atoms with Crippen molar-refractivity contribution in [1.29, 1.82) is 0 Å². The summed E-state index contributed by atoms with van der Waals surface area (Å²) in [6.07, 6.45) is -1.00. The molecule has 2 fully saturated rings. The van der Waals surface area contributed by atoms with Gasteiger partial charge in [-0.1, -0.05) is 91.0 Å². The van der Waals surface area contributed by atoms with Crippen molar-refractivity contribution in [1.82, 2.24) is 14.9 Å². The lowest BCUT2D eigenvalue weighted by Crippen LogP contribution is -2.39. The number of nitrogens with two attached hydrogens (primary N) is 1. The van der Waals surface area contributed by atoms with Crippen LogP contribution in [0.25, 0.3) is 0 Å². The summed E-state index contributed by atoms with van der Waals surface area (Å²) >= 11 is 0. The van der Waals surface area contributed by atoms with E-state index in [4.69, 9.17) is 24.7 Å². The number of hydrogen-bond donors (Lipinski definition) is 2. The number of fused-ring (bicyclic) bond motifs is 1. The van der Waals surface area contributed by atoms with Crippen LogP contribution in [0.4, 0.5) is 5.82 Å². The van der Waals surface area contributed by atoms with E-state index in [1.165, 1.54) is 13.4 Å². The first-order valence-electron chi connectivity index (χ1n) is 14.7. The standard InChI is InChI=1S/C34H36N4O7/c1-33(2)44-28-25(43-32(29(28)45-33)38-21-37-27(30(38)35)31(40)36-19-26(39)41-3)20-42-34(22-13-7-4-8-14-22,23-15-9-5-10-16-23)24-17-11-6-12-18-24/h4-18,21,25,28-29,32H,19-20,35H2,1-3H3,(H,36,40)/t25-,28-,29-,32-/m1/s1. The number of hydrogen-bond acceptors (Lipinski definition) is 9. The Morgan fingerprint density at radius 3 is 1.98 bits per heavy atom. The minimum absolute atomic E-state index is 0.0480. The zero-order valence-electron chi connectivity index (χ0n) is 25.3. The molecule has 2 aliphatic rings. The van der Waals surface area contributed by atoms with Crippen LogP contribution in [-0.4, -0.2) is 65.8 Å². The van der Waals surface area contributed by atoms with Crippen LogP contribution in [-0.2, 0) is 34.1 Å². The van der Waals surface area contributed by atoms with Crippen molar-refractivity contribution < 1.29 is 33.3 Å². The Hall–Kier alpha value is -4.55. The predicted molar refractivity (Wildman–Crippen MR) is 164 cm³/mol. The van der Waals surface area contributed by atoms with Crippen LogP contribution in [0.3, 0.4) is 0 Å². The Morgan fingerprint density at radius 2 is 1.44 bits per heavy atom. The summed E-state index contributed by atoms with van der Waals surface area (Å²) in [4.78, 5) is 28.5. The summed E-state index contributed by atoms with van der Waals surface area (Å²) in [5.41, 5.74) is 8.27. The van der Waals surface area contributed by atoms with E-state index in [1.54, 1.807) is 4.57 Å². The Labute approximate surface area is 261 Å². The van der Waals surface area contributed by atoms with E-state index in [-0.39, 0.29) is 24.7 Å². The molecule has 0 saturated carbocycles. The summed E-state index contributed by atoms with van der Waals surface area (Å²) in [6.45, 7) is 3.50. The number of carbonyl (C=O) groups excluding carboxylic acids is 2. The molecule has 4 aromatic rings. The second kappa shape index (κ2) is 12.4. The molecule has 11 nitrogen and oxygen atoms in total. The average Bonchev–Trinajstić information content (AvgIpc) is 3.71. The summed E-state index contributed by atoms with van der Waals surface area (Å²) in [6, 6.07) is 30.2. The molecule has 2 aliphatic heterocycles. The van der Waals surface area contributed by atoms with E-state index in [9.17, 15) is 9.59 Å². The normalized spacial score (nSPS) is 22.1. The van der Waals surface area contributed by atoms with Gasteiger partial charge >= 0.3 is 5.97 Å². The first-order valence-corrected chi connectivity index (χ1v) is 14.7. The largest absolute Gasteiger partial charge is 0.468 e. The first kappa shape index (κ1) is 30.5. The van der Waals surface area contributed by atoms with Crippen molar-refractivity contribution in [3.63, 3.8) is 0 Å². The minimum Gasteiger partial charge on any atom is -0.468 e. The fourth-order valence-electron chi connectivity index (χ4n) is 6.05. The van der Waals surface area contributed by atoms with Gasteiger partial charge in [0.25, 0.3) is 5.91 Å². The molecule has 3 N–H and O–H groups in total. The number of aromatic nitrogens is 2. The molecule has 1 amide bonds. The Balaban J connectivity index is 1.33. The summed E-state index contributed by atoms with van der Waals surface area (Å²) < 4.78 is 32.4. The fraction of sp³-hybridized carbons (Fsp3) is 0.324. The second-order valence-electron chi connectivity index (χ2n) is 11.4. The van der Waals surface area contributed by atoms with Crippen LogP contribution < -0.4 is 11.1 Å². The highest BCUT2D eigenvalue weighted by molar-refractivity contribution is 5.98. The SMILES string of the molecule is COC(=O)CNC(=O)c1ncn([C@@H]2O[C@H](COC(c3ccccc3)(c3ccccc3)c3ccccc3)[C@H]3OC(C)(C)O[C@H]32)c1N. The van der Waals surface area contributed by atoms with Crippen molar-refractivity contribution in [3.8, 4) is 0 Å². The van der Waals surface area contributed by atoms with E-state index in [0.717, 1.165) is 16.7 Å². The highest BCUT2D eigenvalue weighted by Gasteiger charge is 2.57. The van der Waals surface area contributed by atoms with Crippen LogP contribution in [0.5, 0.6) is 0 Å². The Kier molecular flexibility index (Phi) is 8.43. The molecule has 6 rings (SSSR count). The lowest BCUT2D eigenvalue weighted by Gasteiger charge is -2.37. The van der Waals surface area contributed by atoms with Gasteiger partial charge in [0, 0.05) is 0 Å². The van der Waals surface area contributed by atoms with Gasteiger partial charge < -0.3 is 34.7 Å². The molecule has 45 heavy (non-hydrogen) atoms. The third-order valence-corrected chi connectivity index (χ3v) is 8.07. The molecule has 1 aromatic heterocycles. The smallest absolute Gasteiger partial charge is 0.325 e. The Morgan fingerprint density at radius 1 is 0.911 bits per heavy atom. The third kappa shape index (κ3) is 5.83. The maximum absolute atomic E-state index is 12.7. The number of imidazole rings is 1. The van der Waals surface area contributed by atoms with Gasteiger partial charge in [0.05, 0.1) is 20.0 Å². The van der Waals surface area contributed by atoms with Gasteiger partial charge in [-0.05, 0) is 30.5 Å². The van der Waals surface area contributed by atoms with Crippen molar-refractivity contribution in [3.05, 3.63) is 120 Å². The molecule has 0 aliphatic carbocycles. The zero-order valence-corrected chi connectivity index (χ0v) is 25.3. The minimum atomic E-state index is -0.964. The predicted octanol–water partition coefficient (Wildman–Crippen LogP) is 3.79. The third-order valence-electron chi connectivity index (χ3n) is 8.07. The maximum Gasteiger partial charge on any atom is 0.325 e. The number of esters is 1. The van der Waals surface area contributed by atoms with Crippen LogP contribution >= 0.6 is 0 Å². The van der Waals surface area contributed by atoms with Gasteiger partial charge in [0.2, 0.25) is 0 Å². The highest BCUT2D eigenvalue weighted by Crippen LogP contribution is 2.46. The number of nitrogens with zero attached hydrogens (tertiary/aromatic N) is 2. The van der Waals surface area contributed by atoms with Gasteiger partial charge in [-0.25, -0.2) is 4.98 Å². The summed E-state index contributed by atoms with van der Waals surface area (Å²) in [5, 5.41) is 2.46. The first-order chi connectivity index (χ1) is 21.7. The molecule has 234 valence electrons. The number of anilines is 1. The molecule has 0 bridgehead atoms. The summed E-state index contributed by atoms with van der Waals surface area (Å²) in [5.74, 6) is -2.06. The topological polar surface area (TPSA) is 136 Å².